The highest BCUT2D eigenvalue weighted by Gasteiger charge is 2.52. The third-order valence-electron chi connectivity index (χ3n) is 6.65. The molecule has 4 aromatic rings. The monoisotopic (exact) mass is 508 g/mol. The Bertz CT molecular complexity index is 1440. The summed E-state index contributed by atoms with van der Waals surface area (Å²) in [6.07, 6.45) is -1.50. The molecule has 8 heteroatoms. The number of amides is 1. The second-order valence-corrected chi connectivity index (χ2v) is 9.28. The number of carbonyl (C=O) groups is 2. The van der Waals surface area contributed by atoms with Gasteiger partial charge in [0.05, 0.1) is 13.1 Å². The van der Waals surface area contributed by atoms with E-state index in [-0.39, 0.29) is 18.5 Å². The summed E-state index contributed by atoms with van der Waals surface area (Å²) in [6, 6.07) is 28.0. The van der Waals surface area contributed by atoms with E-state index in [4.69, 9.17) is 4.74 Å². The molecule has 0 aliphatic carbocycles. The molecular formula is C30H28N4O4. The zero-order valence-corrected chi connectivity index (χ0v) is 21.2. The number of aryl methyl sites for hydroxylation is 2. The molecule has 2 heterocycles. The highest BCUT2D eigenvalue weighted by atomic mass is 16.5. The zero-order chi connectivity index (χ0) is 26.7. The minimum Gasteiger partial charge on any atom is -0.478 e. The number of benzene rings is 3. The topological polar surface area (TPSA) is 105 Å². The van der Waals surface area contributed by atoms with E-state index >= 15 is 0 Å². The lowest BCUT2D eigenvalue weighted by atomic mass is 9.77. The second-order valence-electron chi connectivity index (χ2n) is 9.28. The van der Waals surface area contributed by atoms with E-state index in [2.05, 4.69) is 15.3 Å². The van der Waals surface area contributed by atoms with Gasteiger partial charge in [-0.05, 0) is 37.1 Å². The maximum atomic E-state index is 13.6. The molecule has 0 saturated heterocycles. The third kappa shape index (κ3) is 4.73. The predicted octanol–water partition coefficient (Wildman–Crippen LogP) is 4.01. The van der Waals surface area contributed by atoms with E-state index in [0.29, 0.717) is 34.7 Å². The van der Waals surface area contributed by atoms with Gasteiger partial charge in [0.25, 0.3) is 0 Å². The van der Waals surface area contributed by atoms with Crippen LogP contribution in [0.5, 0.6) is 6.01 Å². The number of ether oxygens (including phenoxy) is 1. The lowest BCUT2D eigenvalue weighted by molar-refractivity contribution is -0.149. The molecule has 2 atom stereocenters. The van der Waals surface area contributed by atoms with Gasteiger partial charge < -0.3 is 14.7 Å². The van der Waals surface area contributed by atoms with Crippen molar-refractivity contribution in [2.75, 3.05) is 11.4 Å². The van der Waals surface area contributed by atoms with Gasteiger partial charge in [-0.1, -0.05) is 78.9 Å². The molecule has 1 amide bonds. The van der Waals surface area contributed by atoms with Crippen LogP contribution >= 0.6 is 0 Å². The van der Waals surface area contributed by atoms with Gasteiger partial charge in [-0.15, -0.1) is 0 Å². The standard InChI is InChI=1S/C30H28N4O4/c1-20-17-21(2)33-29(32-20)38-27(28(36)37)30(23-13-7-4-8-14-23)24-15-9-10-16-25(24)34(26(35)18-31-30)19-22-11-5-3-6-12-22/h3-17,27,31H,18-19H2,1-2H3,(H,36,37)/t27-,30+/m1/s1. The average molecular weight is 509 g/mol. The van der Waals surface area contributed by atoms with Gasteiger partial charge in [0.15, 0.2) is 0 Å². The Morgan fingerprint density at radius 2 is 1.58 bits per heavy atom. The molecule has 0 fully saturated rings. The number of carboxylic acid groups (broad SMARTS) is 1. The molecule has 3 aromatic carbocycles. The number of anilines is 1. The molecule has 1 aliphatic rings. The molecule has 0 unspecified atom stereocenters. The number of nitrogens with one attached hydrogen (secondary N) is 1. The Balaban J connectivity index is 1.72. The number of hydrogen-bond donors (Lipinski definition) is 2. The summed E-state index contributed by atoms with van der Waals surface area (Å²) in [7, 11) is 0. The second kappa shape index (κ2) is 10.4. The fourth-order valence-corrected chi connectivity index (χ4v) is 5.04. The number of carbonyl (C=O) groups excluding carboxylic acids is 1. The highest BCUT2D eigenvalue weighted by molar-refractivity contribution is 5.97. The molecule has 0 radical (unpaired) electrons. The van der Waals surface area contributed by atoms with Crippen molar-refractivity contribution in [2.24, 2.45) is 0 Å². The van der Waals surface area contributed by atoms with E-state index < -0.39 is 17.6 Å². The largest absolute Gasteiger partial charge is 0.478 e. The van der Waals surface area contributed by atoms with Gasteiger partial charge in [-0.25, -0.2) is 14.8 Å². The molecule has 8 nitrogen and oxygen atoms in total. The summed E-state index contributed by atoms with van der Waals surface area (Å²) < 4.78 is 6.12. The SMILES string of the molecule is Cc1cc(C)nc(O[C@H](C(=O)O)[C@@]2(c3ccccc3)NCC(=O)N(Cc3ccccc3)c3ccccc32)n1. The van der Waals surface area contributed by atoms with E-state index in [1.54, 1.807) is 24.8 Å². The summed E-state index contributed by atoms with van der Waals surface area (Å²) in [4.78, 5) is 37.0. The van der Waals surface area contributed by atoms with Crippen molar-refractivity contribution in [2.45, 2.75) is 32.0 Å². The molecule has 2 N–H and O–H groups in total. The highest BCUT2D eigenvalue weighted by Crippen LogP contribution is 2.42. The number of aliphatic carboxylic acids is 1. The fraction of sp³-hybridized carbons (Fsp3) is 0.200. The predicted molar refractivity (Wildman–Crippen MR) is 143 cm³/mol. The van der Waals surface area contributed by atoms with Crippen LogP contribution in [-0.2, 0) is 21.7 Å². The fourth-order valence-electron chi connectivity index (χ4n) is 5.04. The molecule has 1 aliphatic heterocycles. The Kier molecular flexibility index (Phi) is 6.89. The Morgan fingerprint density at radius 3 is 2.24 bits per heavy atom. The molecule has 0 spiro atoms. The number of hydrogen-bond acceptors (Lipinski definition) is 6. The van der Waals surface area contributed by atoms with Crippen molar-refractivity contribution in [3.8, 4) is 6.01 Å². The van der Waals surface area contributed by atoms with Gasteiger partial charge in [-0.3, -0.25) is 10.1 Å². The molecule has 1 aromatic heterocycles. The van der Waals surface area contributed by atoms with E-state index in [0.717, 1.165) is 5.56 Å². The van der Waals surface area contributed by atoms with Crippen LogP contribution in [0.3, 0.4) is 0 Å². The van der Waals surface area contributed by atoms with Crippen molar-refractivity contribution in [1.82, 2.24) is 15.3 Å². The van der Waals surface area contributed by atoms with Crippen LogP contribution in [0.15, 0.2) is 91.0 Å². The Morgan fingerprint density at radius 1 is 0.974 bits per heavy atom. The maximum absolute atomic E-state index is 13.6. The van der Waals surface area contributed by atoms with Gasteiger partial charge in [0, 0.05) is 22.6 Å². The summed E-state index contributed by atoms with van der Waals surface area (Å²) >= 11 is 0. The average Bonchev–Trinajstić information content (AvgIpc) is 3.03. The number of nitrogens with zero attached hydrogens (tertiary/aromatic N) is 3. The van der Waals surface area contributed by atoms with Crippen molar-refractivity contribution in [3.05, 3.63) is 119 Å². The van der Waals surface area contributed by atoms with Crippen LogP contribution in [0.1, 0.15) is 28.1 Å². The quantitative estimate of drug-likeness (QED) is 0.389. The van der Waals surface area contributed by atoms with Crippen molar-refractivity contribution >= 4 is 17.6 Å². The molecule has 5 rings (SSSR count). The van der Waals surface area contributed by atoms with Gasteiger partial charge >= 0.3 is 12.0 Å². The minimum absolute atomic E-state index is 0.0406. The summed E-state index contributed by atoms with van der Waals surface area (Å²) in [5.41, 5.74) is 2.67. The number of rotatable bonds is 7. The summed E-state index contributed by atoms with van der Waals surface area (Å²) in [6.45, 7) is 3.81. The zero-order valence-electron chi connectivity index (χ0n) is 21.2. The minimum atomic E-state index is -1.50. The molecule has 0 saturated carbocycles. The van der Waals surface area contributed by atoms with Crippen LogP contribution < -0.4 is 15.0 Å². The van der Waals surface area contributed by atoms with Crippen LogP contribution in [0.4, 0.5) is 5.69 Å². The van der Waals surface area contributed by atoms with Gasteiger partial charge in [0.1, 0.15) is 5.54 Å². The number of carboxylic acids is 1. The number of aromatic nitrogens is 2. The van der Waals surface area contributed by atoms with Crippen LogP contribution in [0.2, 0.25) is 0 Å². The number of para-hydroxylation sites is 1. The van der Waals surface area contributed by atoms with E-state index in [1.807, 2.05) is 84.9 Å². The van der Waals surface area contributed by atoms with Crippen molar-refractivity contribution < 1.29 is 19.4 Å². The van der Waals surface area contributed by atoms with Crippen LogP contribution in [0, 0.1) is 13.8 Å². The van der Waals surface area contributed by atoms with E-state index in [1.165, 1.54) is 0 Å². The molecule has 0 bridgehead atoms. The molecular weight excluding hydrogens is 480 g/mol. The van der Waals surface area contributed by atoms with E-state index in [9.17, 15) is 14.7 Å². The summed E-state index contributed by atoms with van der Waals surface area (Å²) in [5.74, 6) is -1.41. The lowest BCUT2D eigenvalue weighted by Gasteiger charge is -2.39. The van der Waals surface area contributed by atoms with Gasteiger partial charge in [0.2, 0.25) is 12.0 Å². The third-order valence-corrected chi connectivity index (χ3v) is 6.65. The normalized spacial score (nSPS) is 17.8. The lowest BCUT2D eigenvalue weighted by Crippen LogP contribution is -2.58. The van der Waals surface area contributed by atoms with Crippen LogP contribution in [-0.4, -0.2) is 39.6 Å². The molecule has 192 valence electrons. The first kappa shape index (κ1) is 25.1. The van der Waals surface area contributed by atoms with Gasteiger partial charge in [-0.2, -0.15) is 0 Å². The molecule has 38 heavy (non-hydrogen) atoms. The summed E-state index contributed by atoms with van der Waals surface area (Å²) in [5, 5.41) is 13.9. The first-order chi connectivity index (χ1) is 18.4. The Hall–Kier alpha value is -4.56. The smallest absolute Gasteiger partial charge is 0.347 e. The van der Waals surface area contributed by atoms with Crippen molar-refractivity contribution in [1.29, 1.82) is 0 Å². The number of fused-ring (bicyclic) bond motifs is 1. The first-order valence-electron chi connectivity index (χ1n) is 12.3. The Labute approximate surface area is 220 Å². The van der Waals surface area contributed by atoms with Crippen LogP contribution in [0.25, 0.3) is 0 Å². The van der Waals surface area contributed by atoms with Crippen molar-refractivity contribution in [3.63, 3.8) is 0 Å². The first-order valence-corrected chi connectivity index (χ1v) is 12.3. The maximum Gasteiger partial charge on any atom is 0.347 e.